The van der Waals surface area contributed by atoms with Crippen LogP contribution in [0.5, 0.6) is 0 Å². The van der Waals surface area contributed by atoms with Crippen molar-refractivity contribution in [1.82, 2.24) is 10.2 Å². The van der Waals surface area contributed by atoms with E-state index in [-0.39, 0.29) is 36.6 Å². The molecule has 0 unspecified atom stereocenters. The molecule has 5 heteroatoms. The van der Waals surface area contributed by atoms with Crippen molar-refractivity contribution in [3.63, 3.8) is 0 Å². The Balaban J connectivity index is 1.66. The highest BCUT2D eigenvalue weighted by Gasteiger charge is 2.31. The lowest BCUT2D eigenvalue weighted by Gasteiger charge is -2.32. The van der Waals surface area contributed by atoms with Crippen molar-refractivity contribution < 1.29 is 14.0 Å². The summed E-state index contributed by atoms with van der Waals surface area (Å²) in [5.41, 5.74) is 2.41. The summed E-state index contributed by atoms with van der Waals surface area (Å²) in [4.78, 5) is 29.0. The van der Waals surface area contributed by atoms with Gasteiger partial charge in [-0.3, -0.25) is 9.59 Å². The number of carbonyl (C=O) groups is 2. The van der Waals surface area contributed by atoms with Crippen molar-refractivity contribution in [2.75, 3.05) is 0 Å². The van der Waals surface area contributed by atoms with E-state index in [1.165, 1.54) is 6.07 Å². The smallest absolute Gasteiger partial charge is 0.243 e. The van der Waals surface area contributed by atoms with Crippen molar-refractivity contribution in [1.29, 1.82) is 0 Å². The molecule has 38 heavy (non-hydrogen) atoms. The van der Waals surface area contributed by atoms with E-state index in [4.69, 9.17) is 0 Å². The van der Waals surface area contributed by atoms with Gasteiger partial charge in [-0.25, -0.2) is 4.39 Å². The minimum Gasteiger partial charge on any atom is -0.352 e. The standard InChI is InChI=1S/C33H35FN2O2/c1-3-24(2)35-33(38)31(22-25-12-5-4-6-13-25)36(23-28-15-8-10-19-30(28)34)32(37)21-20-27-17-11-16-26-14-7-9-18-29(26)27/h4-19,24,31H,3,20-23H2,1-2H3,(H,35,38)/t24-,31+/m0/s1. The fourth-order valence-corrected chi connectivity index (χ4v) is 4.70. The molecule has 4 aromatic rings. The average Bonchev–Trinajstić information content (AvgIpc) is 2.94. The highest BCUT2D eigenvalue weighted by atomic mass is 19.1. The van der Waals surface area contributed by atoms with E-state index in [0.29, 0.717) is 18.4 Å². The maximum absolute atomic E-state index is 14.8. The number of rotatable bonds is 11. The maximum Gasteiger partial charge on any atom is 0.243 e. The predicted octanol–water partition coefficient (Wildman–Crippen LogP) is 6.47. The molecule has 0 bridgehead atoms. The summed E-state index contributed by atoms with van der Waals surface area (Å²) in [5.74, 6) is -0.792. The SMILES string of the molecule is CC[C@H](C)NC(=O)[C@@H](Cc1ccccc1)N(Cc1ccccc1F)C(=O)CCc1cccc2ccccc12. The molecule has 4 nitrogen and oxygen atoms in total. The zero-order chi connectivity index (χ0) is 26.9. The Kier molecular flexibility index (Phi) is 9.26. The number of hydrogen-bond acceptors (Lipinski definition) is 2. The molecule has 0 spiro atoms. The van der Waals surface area contributed by atoms with E-state index in [9.17, 15) is 14.0 Å². The lowest BCUT2D eigenvalue weighted by atomic mass is 9.99. The van der Waals surface area contributed by atoms with Crippen LogP contribution >= 0.6 is 0 Å². The number of nitrogens with zero attached hydrogens (tertiary/aromatic N) is 1. The third kappa shape index (κ3) is 6.86. The second-order valence-electron chi connectivity index (χ2n) is 9.77. The minimum absolute atomic E-state index is 0.0203. The van der Waals surface area contributed by atoms with Crippen LogP contribution in [0, 0.1) is 5.82 Å². The second-order valence-corrected chi connectivity index (χ2v) is 9.77. The van der Waals surface area contributed by atoms with Crippen molar-refractivity contribution in [3.05, 3.63) is 120 Å². The van der Waals surface area contributed by atoms with E-state index in [1.807, 2.05) is 68.4 Å². The Labute approximate surface area is 224 Å². The topological polar surface area (TPSA) is 49.4 Å². The van der Waals surface area contributed by atoms with Crippen molar-refractivity contribution >= 4 is 22.6 Å². The Hall–Kier alpha value is -3.99. The largest absolute Gasteiger partial charge is 0.352 e. The summed E-state index contributed by atoms with van der Waals surface area (Å²) in [6.45, 7) is 3.97. The van der Waals surface area contributed by atoms with Gasteiger partial charge in [0.1, 0.15) is 11.9 Å². The van der Waals surface area contributed by atoms with Gasteiger partial charge in [-0.1, -0.05) is 97.9 Å². The molecule has 0 aliphatic carbocycles. The van der Waals surface area contributed by atoms with Crippen LogP contribution in [0.4, 0.5) is 4.39 Å². The van der Waals surface area contributed by atoms with Crippen molar-refractivity contribution in [2.24, 2.45) is 0 Å². The molecule has 0 aliphatic heterocycles. The van der Waals surface area contributed by atoms with Gasteiger partial charge in [0.25, 0.3) is 0 Å². The van der Waals surface area contributed by atoms with Crippen LogP contribution in [0.15, 0.2) is 97.1 Å². The van der Waals surface area contributed by atoms with Gasteiger partial charge >= 0.3 is 0 Å². The number of fused-ring (bicyclic) bond motifs is 1. The number of carbonyl (C=O) groups excluding carboxylic acids is 2. The first-order valence-corrected chi connectivity index (χ1v) is 13.3. The molecular formula is C33H35FN2O2. The summed E-state index contributed by atoms with van der Waals surface area (Å²) in [5, 5.41) is 5.29. The quantitative estimate of drug-likeness (QED) is 0.252. The zero-order valence-corrected chi connectivity index (χ0v) is 22.1. The summed E-state index contributed by atoms with van der Waals surface area (Å²) in [6, 6.07) is 29.5. The van der Waals surface area contributed by atoms with Crippen LogP contribution < -0.4 is 5.32 Å². The molecule has 0 saturated heterocycles. The predicted molar refractivity (Wildman–Crippen MR) is 151 cm³/mol. The van der Waals surface area contributed by atoms with Gasteiger partial charge in [-0.15, -0.1) is 0 Å². The Morgan fingerprint density at radius 3 is 2.26 bits per heavy atom. The van der Waals surface area contributed by atoms with Crippen LogP contribution in [0.3, 0.4) is 0 Å². The number of amides is 2. The van der Waals surface area contributed by atoms with Gasteiger partial charge in [0.2, 0.25) is 11.8 Å². The molecule has 0 heterocycles. The molecule has 0 fully saturated rings. The molecule has 196 valence electrons. The Morgan fingerprint density at radius 1 is 0.842 bits per heavy atom. The normalized spacial score (nSPS) is 12.6. The van der Waals surface area contributed by atoms with Gasteiger partial charge < -0.3 is 10.2 Å². The molecule has 0 saturated carbocycles. The number of halogens is 1. The molecule has 2 amide bonds. The highest BCUT2D eigenvalue weighted by molar-refractivity contribution is 5.89. The number of benzene rings is 4. The minimum atomic E-state index is -0.772. The lowest BCUT2D eigenvalue weighted by Crippen LogP contribution is -2.52. The van der Waals surface area contributed by atoms with Crippen molar-refractivity contribution in [2.45, 2.75) is 58.2 Å². The van der Waals surface area contributed by atoms with E-state index >= 15 is 0 Å². The molecule has 1 N–H and O–H groups in total. The lowest BCUT2D eigenvalue weighted by molar-refractivity contribution is -0.141. The van der Waals surface area contributed by atoms with Crippen LogP contribution in [0.25, 0.3) is 10.8 Å². The molecule has 4 rings (SSSR count). The van der Waals surface area contributed by atoms with Gasteiger partial charge in [0, 0.05) is 31.0 Å². The third-order valence-electron chi connectivity index (χ3n) is 7.06. The van der Waals surface area contributed by atoms with Crippen molar-refractivity contribution in [3.8, 4) is 0 Å². The first-order chi connectivity index (χ1) is 18.5. The molecular weight excluding hydrogens is 475 g/mol. The van der Waals surface area contributed by atoms with Gasteiger partial charge in [-0.05, 0) is 47.7 Å². The average molecular weight is 511 g/mol. The summed E-state index contributed by atoms with van der Waals surface area (Å²) in [7, 11) is 0. The molecule has 4 aromatic carbocycles. The molecule has 0 aromatic heterocycles. The van der Waals surface area contributed by atoms with E-state index in [1.54, 1.807) is 23.1 Å². The summed E-state index contributed by atoms with van der Waals surface area (Å²) < 4.78 is 14.8. The monoisotopic (exact) mass is 510 g/mol. The van der Waals surface area contributed by atoms with Gasteiger partial charge in [0.15, 0.2) is 0 Å². The fraction of sp³-hybridized carbons (Fsp3) is 0.273. The number of hydrogen-bond donors (Lipinski definition) is 1. The number of aryl methyl sites for hydroxylation is 1. The van der Waals surface area contributed by atoms with Crippen LogP contribution in [-0.2, 0) is 29.0 Å². The maximum atomic E-state index is 14.8. The van der Waals surface area contributed by atoms with Gasteiger partial charge in [-0.2, -0.15) is 0 Å². The summed E-state index contributed by atoms with van der Waals surface area (Å²) >= 11 is 0. The van der Waals surface area contributed by atoms with Gasteiger partial charge in [0.05, 0.1) is 0 Å². The molecule has 0 aliphatic rings. The van der Waals surface area contributed by atoms with E-state index in [0.717, 1.165) is 28.3 Å². The Bertz CT molecular complexity index is 1370. The third-order valence-corrected chi connectivity index (χ3v) is 7.06. The number of nitrogens with one attached hydrogen (secondary N) is 1. The Morgan fingerprint density at radius 2 is 1.50 bits per heavy atom. The summed E-state index contributed by atoms with van der Waals surface area (Å²) in [6.07, 6.45) is 1.85. The highest BCUT2D eigenvalue weighted by Crippen LogP contribution is 2.22. The zero-order valence-electron chi connectivity index (χ0n) is 22.1. The van der Waals surface area contributed by atoms with Crippen LogP contribution in [0.2, 0.25) is 0 Å². The second kappa shape index (κ2) is 13.0. The van der Waals surface area contributed by atoms with Crippen LogP contribution in [-0.4, -0.2) is 28.8 Å². The molecule has 2 atom stereocenters. The molecule has 0 radical (unpaired) electrons. The first kappa shape index (κ1) is 27.1. The fourth-order valence-electron chi connectivity index (χ4n) is 4.70. The van der Waals surface area contributed by atoms with E-state index in [2.05, 4.69) is 23.5 Å². The van der Waals surface area contributed by atoms with E-state index < -0.39 is 6.04 Å². The van der Waals surface area contributed by atoms with Crippen LogP contribution in [0.1, 0.15) is 43.4 Å². The first-order valence-electron chi connectivity index (χ1n) is 13.3.